The molecule has 0 unspecified atom stereocenters. The predicted octanol–water partition coefficient (Wildman–Crippen LogP) is 2.32. The van der Waals surface area contributed by atoms with Crippen LogP contribution in [-0.4, -0.2) is 19.7 Å². The van der Waals surface area contributed by atoms with E-state index in [0.717, 1.165) is 5.56 Å². The van der Waals surface area contributed by atoms with Crippen molar-refractivity contribution in [2.45, 2.75) is 13.0 Å². The van der Waals surface area contributed by atoms with Gasteiger partial charge in [0, 0.05) is 6.08 Å². The molecule has 0 aliphatic heterocycles. The van der Waals surface area contributed by atoms with Gasteiger partial charge in [0.05, 0.1) is 20.3 Å². The van der Waals surface area contributed by atoms with Crippen LogP contribution in [0.4, 0.5) is 0 Å². The van der Waals surface area contributed by atoms with E-state index < -0.39 is 0 Å². The first-order valence-electron chi connectivity index (χ1n) is 5.19. The Kier molecular flexibility index (Phi) is 5.96. The van der Waals surface area contributed by atoms with Gasteiger partial charge in [-0.05, 0) is 12.0 Å². The molecule has 0 N–H and O–H groups in total. The van der Waals surface area contributed by atoms with E-state index in [1.165, 1.54) is 13.2 Å². The summed E-state index contributed by atoms with van der Waals surface area (Å²) in [6, 6.07) is 9.98. The first kappa shape index (κ1) is 12.5. The van der Waals surface area contributed by atoms with Gasteiger partial charge in [-0.25, -0.2) is 4.79 Å². The predicted molar refractivity (Wildman–Crippen MR) is 61.9 cm³/mol. The zero-order valence-electron chi connectivity index (χ0n) is 9.39. The van der Waals surface area contributed by atoms with Crippen LogP contribution in [0.1, 0.15) is 12.0 Å². The number of benzene rings is 1. The molecule has 0 fully saturated rings. The Morgan fingerprint density at radius 3 is 2.75 bits per heavy atom. The van der Waals surface area contributed by atoms with Crippen molar-refractivity contribution in [1.82, 2.24) is 0 Å². The minimum Gasteiger partial charge on any atom is -0.466 e. The molecular formula is C13H16O3. The summed E-state index contributed by atoms with van der Waals surface area (Å²) >= 11 is 0. The summed E-state index contributed by atoms with van der Waals surface area (Å²) in [5, 5.41) is 0. The minimum atomic E-state index is -0.331. The van der Waals surface area contributed by atoms with E-state index in [0.29, 0.717) is 19.6 Å². The van der Waals surface area contributed by atoms with Crippen molar-refractivity contribution in [1.29, 1.82) is 0 Å². The van der Waals surface area contributed by atoms with E-state index in [4.69, 9.17) is 4.74 Å². The lowest BCUT2D eigenvalue weighted by Gasteiger charge is -2.01. The van der Waals surface area contributed by atoms with Crippen molar-refractivity contribution in [3.63, 3.8) is 0 Å². The third kappa shape index (κ3) is 5.32. The first-order valence-corrected chi connectivity index (χ1v) is 5.19. The van der Waals surface area contributed by atoms with Crippen LogP contribution >= 0.6 is 0 Å². The molecule has 0 heterocycles. The zero-order valence-corrected chi connectivity index (χ0v) is 9.39. The normalized spacial score (nSPS) is 10.6. The molecular weight excluding hydrogens is 204 g/mol. The van der Waals surface area contributed by atoms with Crippen LogP contribution in [-0.2, 0) is 20.9 Å². The molecule has 0 saturated carbocycles. The quantitative estimate of drug-likeness (QED) is 0.419. The first-order chi connectivity index (χ1) is 7.83. The molecule has 3 nitrogen and oxygen atoms in total. The van der Waals surface area contributed by atoms with E-state index in [1.54, 1.807) is 6.08 Å². The number of esters is 1. The van der Waals surface area contributed by atoms with Gasteiger partial charge in [0.25, 0.3) is 0 Å². The molecule has 86 valence electrons. The summed E-state index contributed by atoms with van der Waals surface area (Å²) < 4.78 is 9.89. The number of rotatable bonds is 6. The van der Waals surface area contributed by atoms with Gasteiger partial charge in [-0.15, -0.1) is 0 Å². The molecule has 0 bridgehead atoms. The van der Waals surface area contributed by atoms with E-state index in [9.17, 15) is 4.79 Å². The summed E-state index contributed by atoms with van der Waals surface area (Å²) in [6.45, 7) is 1.20. The third-order valence-electron chi connectivity index (χ3n) is 2.00. The number of hydrogen-bond donors (Lipinski definition) is 0. The molecule has 0 atom stereocenters. The number of hydrogen-bond acceptors (Lipinski definition) is 3. The topological polar surface area (TPSA) is 35.5 Å². The van der Waals surface area contributed by atoms with Crippen LogP contribution in [0, 0.1) is 0 Å². The highest BCUT2D eigenvalue weighted by Crippen LogP contribution is 2.00. The lowest BCUT2D eigenvalue weighted by atomic mass is 10.2. The van der Waals surface area contributed by atoms with Crippen LogP contribution in [0.2, 0.25) is 0 Å². The maximum absolute atomic E-state index is 10.7. The molecule has 0 radical (unpaired) electrons. The second-order valence-electron chi connectivity index (χ2n) is 3.25. The number of carbonyl (C=O) groups excluding carboxylic acids is 1. The van der Waals surface area contributed by atoms with Crippen LogP contribution in [0.5, 0.6) is 0 Å². The second-order valence-corrected chi connectivity index (χ2v) is 3.25. The Morgan fingerprint density at radius 2 is 2.06 bits per heavy atom. The molecule has 1 aromatic rings. The Labute approximate surface area is 95.7 Å². The van der Waals surface area contributed by atoms with Gasteiger partial charge < -0.3 is 9.47 Å². The largest absolute Gasteiger partial charge is 0.466 e. The molecule has 0 aromatic heterocycles. The van der Waals surface area contributed by atoms with Crippen LogP contribution in [0.25, 0.3) is 0 Å². The maximum atomic E-state index is 10.7. The summed E-state index contributed by atoms with van der Waals surface area (Å²) in [4.78, 5) is 10.7. The Bertz CT molecular complexity index is 330. The van der Waals surface area contributed by atoms with Crippen molar-refractivity contribution >= 4 is 5.97 Å². The summed E-state index contributed by atoms with van der Waals surface area (Å²) in [7, 11) is 1.36. The highest BCUT2D eigenvalue weighted by atomic mass is 16.5. The Hall–Kier alpha value is -1.61. The van der Waals surface area contributed by atoms with Crippen molar-refractivity contribution in [3.05, 3.63) is 48.0 Å². The van der Waals surface area contributed by atoms with Crippen molar-refractivity contribution < 1.29 is 14.3 Å². The van der Waals surface area contributed by atoms with Gasteiger partial charge in [-0.3, -0.25) is 0 Å². The molecule has 16 heavy (non-hydrogen) atoms. The number of ether oxygens (including phenoxy) is 2. The van der Waals surface area contributed by atoms with E-state index in [2.05, 4.69) is 4.74 Å². The summed E-state index contributed by atoms with van der Waals surface area (Å²) in [5.41, 5.74) is 1.15. The Morgan fingerprint density at radius 1 is 1.31 bits per heavy atom. The fourth-order valence-electron chi connectivity index (χ4n) is 1.16. The molecule has 0 amide bonds. The van der Waals surface area contributed by atoms with Gasteiger partial charge in [0.15, 0.2) is 0 Å². The fraction of sp³-hybridized carbons (Fsp3) is 0.308. The van der Waals surface area contributed by atoms with Crippen LogP contribution in [0.15, 0.2) is 42.5 Å². The standard InChI is InChI=1S/C13H16O3/c1-15-13(14)9-5-6-10-16-11-12-7-3-2-4-8-12/h2-5,7-9H,6,10-11H2,1H3. The average molecular weight is 220 g/mol. The van der Waals surface area contributed by atoms with Crippen molar-refractivity contribution in [2.75, 3.05) is 13.7 Å². The lowest BCUT2D eigenvalue weighted by molar-refractivity contribution is -0.134. The maximum Gasteiger partial charge on any atom is 0.330 e. The molecule has 0 aliphatic rings. The van der Waals surface area contributed by atoms with Crippen molar-refractivity contribution in [3.8, 4) is 0 Å². The van der Waals surface area contributed by atoms with Crippen LogP contribution < -0.4 is 0 Å². The SMILES string of the molecule is COC(=O)C=CCCOCc1ccccc1. The highest BCUT2D eigenvalue weighted by molar-refractivity contribution is 5.81. The van der Waals surface area contributed by atoms with Crippen molar-refractivity contribution in [2.24, 2.45) is 0 Å². The summed E-state index contributed by atoms with van der Waals surface area (Å²) in [6.07, 6.45) is 3.87. The monoisotopic (exact) mass is 220 g/mol. The van der Waals surface area contributed by atoms with Crippen LogP contribution in [0.3, 0.4) is 0 Å². The molecule has 3 heteroatoms. The second kappa shape index (κ2) is 7.65. The van der Waals surface area contributed by atoms with E-state index in [1.807, 2.05) is 30.3 Å². The smallest absolute Gasteiger partial charge is 0.330 e. The Balaban J connectivity index is 2.09. The zero-order chi connectivity index (χ0) is 11.6. The lowest BCUT2D eigenvalue weighted by Crippen LogP contribution is -1.96. The van der Waals surface area contributed by atoms with E-state index >= 15 is 0 Å². The average Bonchev–Trinajstić information content (AvgIpc) is 2.34. The van der Waals surface area contributed by atoms with E-state index in [-0.39, 0.29) is 5.97 Å². The number of carbonyl (C=O) groups is 1. The number of methoxy groups -OCH3 is 1. The van der Waals surface area contributed by atoms with Gasteiger partial charge >= 0.3 is 5.97 Å². The third-order valence-corrected chi connectivity index (χ3v) is 2.00. The fourth-order valence-corrected chi connectivity index (χ4v) is 1.16. The summed E-state index contributed by atoms with van der Waals surface area (Å²) in [5.74, 6) is -0.331. The van der Waals surface area contributed by atoms with Gasteiger partial charge in [0.2, 0.25) is 0 Å². The molecule has 0 aliphatic carbocycles. The van der Waals surface area contributed by atoms with Gasteiger partial charge in [-0.1, -0.05) is 36.4 Å². The van der Waals surface area contributed by atoms with Gasteiger partial charge in [-0.2, -0.15) is 0 Å². The minimum absolute atomic E-state index is 0.331. The molecule has 1 rings (SSSR count). The molecule has 0 saturated heterocycles. The highest BCUT2D eigenvalue weighted by Gasteiger charge is 1.92. The molecule has 0 spiro atoms. The molecule has 1 aromatic carbocycles. The van der Waals surface area contributed by atoms with Gasteiger partial charge in [0.1, 0.15) is 0 Å².